The first kappa shape index (κ1) is 12.8. The van der Waals surface area contributed by atoms with Gasteiger partial charge in [-0.05, 0) is 31.6 Å². The average Bonchev–Trinajstić information content (AvgIpc) is 2.39. The maximum Gasteiger partial charge on any atom is 0.222 e. The van der Waals surface area contributed by atoms with Crippen molar-refractivity contribution in [2.24, 2.45) is 5.92 Å². The van der Waals surface area contributed by atoms with Gasteiger partial charge in [-0.3, -0.25) is 4.79 Å². The third kappa shape index (κ3) is 3.42. The number of hydroxylamine groups is 1. The average molecular weight is 240 g/mol. The minimum Gasteiger partial charge on any atom is -0.341 e. The van der Waals surface area contributed by atoms with Crippen LogP contribution in [0.5, 0.6) is 0 Å². The SMILES string of the molecule is O=C1CCCCN1C[C@@H](NO)C1CCCCC1. The van der Waals surface area contributed by atoms with Gasteiger partial charge in [0.2, 0.25) is 5.91 Å². The molecule has 0 bridgehead atoms. The maximum atomic E-state index is 11.7. The molecule has 1 atom stereocenters. The second kappa shape index (κ2) is 6.36. The molecule has 2 aliphatic rings. The van der Waals surface area contributed by atoms with Crippen LogP contribution in [-0.2, 0) is 4.79 Å². The van der Waals surface area contributed by atoms with Crippen LogP contribution in [-0.4, -0.2) is 35.1 Å². The van der Waals surface area contributed by atoms with Gasteiger partial charge in [0.1, 0.15) is 0 Å². The van der Waals surface area contributed by atoms with E-state index in [0.29, 0.717) is 18.9 Å². The summed E-state index contributed by atoms with van der Waals surface area (Å²) >= 11 is 0. The molecule has 1 heterocycles. The highest BCUT2D eigenvalue weighted by Gasteiger charge is 2.27. The lowest BCUT2D eigenvalue weighted by molar-refractivity contribution is -0.134. The number of piperidine rings is 1. The molecular weight excluding hydrogens is 216 g/mol. The van der Waals surface area contributed by atoms with Gasteiger partial charge < -0.3 is 10.1 Å². The highest BCUT2D eigenvalue weighted by Crippen LogP contribution is 2.27. The number of rotatable bonds is 4. The fourth-order valence-corrected chi connectivity index (χ4v) is 3.12. The summed E-state index contributed by atoms with van der Waals surface area (Å²) in [6, 6.07) is 0.0670. The smallest absolute Gasteiger partial charge is 0.222 e. The minimum atomic E-state index is 0.0670. The number of carbonyl (C=O) groups is 1. The third-order valence-electron chi connectivity index (χ3n) is 4.22. The zero-order valence-corrected chi connectivity index (χ0v) is 10.5. The molecule has 2 fully saturated rings. The van der Waals surface area contributed by atoms with E-state index in [4.69, 9.17) is 0 Å². The summed E-state index contributed by atoms with van der Waals surface area (Å²) in [5, 5.41) is 9.31. The van der Waals surface area contributed by atoms with Gasteiger partial charge in [-0.1, -0.05) is 19.3 Å². The van der Waals surface area contributed by atoms with E-state index in [-0.39, 0.29) is 11.9 Å². The van der Waals surface area contributed by atoms with Gasteiger partial charge in [-0.2, -0.15) is 0 Å². The molecule has 1 aliphatic heterocycles. The van der Waals surface area contributed by atoms with E-state index < -0.39 is 0 Å². The number of carbonyl (C=O) groups excluding carboxylic acids is 1. The zero-order valence-electron chi connectivity index (χ0n) is 10.5. The number of hydrogen-bond acceptors (Lipinski definition) is 3. The van der Waals surface area contributed by atoms with Gasteiger partial charge >= 0.3 is 0 Å². The number of nitrogens with one attached hydrogen (secondary N) is 1. The zero-order chi connectivity index (χ0) is 12.1. The number of nitrogens with zero attached hydrogens (tertiary/aromatic N) is 1. The Kier molecular flexibility index (Phi) is 4.80. The summed E-state index contributed by atoms with van der Waals surface area (Å²) in [5.74, 6) is 0.788. The van der Waals surface area contributed by atoms with E-state index in [0.717, 1.165) is 19.4 Å². The van der Waals surface area contributed by atoms with Crippen LogP contribution in [0.4, 0.5) is 0 Å². The highest BCUT2D eigenvalue weighted by atomic mass is 16.5. The Labute approximate surface area is 103 Å². The Balaban J connectivity index is 1.86. The van der Waals surface area contributed by atoms with Crippen molar-refractivity contribution in [3.8, 4) is 0 Å². The molecule has 4 nitrogen and oxygen atoms in total. The third-order valence-corrected chi connectivity index (χ3v) is 4.22. The first-order chi connectivity index (χ1) is 8.31. The fourth-order valence-electron chi connectivity index (χ4n) is 3.12. The number of likely N-dealkylation sites (tertiary alicyclic amines) is 1. The van der Waals surface area contributed by atoms with Crippen molar-refractivity contribution >= 4 is 5.91 Å². The molecule has 17 heavy (non-hydrogen) atoms. The van der Waals surface area contributed by atoms with Crippen molar-refractivity contribution in [2.45, 2.75) is 57.4 Å². The maximum absolute atomic E-state index is 11.7. The monoisotopic (exact) mass is 240 g/mol. The summed E-state index contributed by atoms with van der Waals surface area (Å²) in [6.07, 6.45) is 9.01. The number of amides is 1. The van der Waals surface area contributed by atoms with Crippen LogP contribution in [0.15, 0.2) is 0 Å². The van der Waals surface area contributed by atoms with Crippen LogP contribution in [0, 0.1) is 5.92 Å². The van der Waals surface area contributed by atoms with Crippen LogP contribution >= 0.6 is 0 Å². The summed E-state index contributed by atoms with van der Waals surface area (Å²) in [7, 11) is 0. The molecule has 0 spiro atoms. The van der Waals surface area contributed by atoms with Gasteiger partial charge in [0, 0.05) is 19.5 Å². The van der Waals surface area contributed by atoms with Crippen LogP contribution in [0.25, 0.3) is 0 Å². The van der Waals surface area contributed by atoms with Crippen molar-refractivity contribution < 1.29 is 10.0 Å². The molecule has 0 unspecified atom stereocenters. The quantitative estimate of drug-likeness (QED) is 0.738. The topological polar surface area (TPSA) is 52.6 Å². The summed E-state index contributed by atoms with van der Waals surface area (Å²) in [4.78, 5) is 13.7. The molecule has 0 aromatic heterocycles. The predicted molar refractivity (Wildman–Crippen MR) is 65.7 cm³/mol. The van der Waals surface area contributed by atoms with Crippen molar-refractivity contribution in [1.29, 1.82) is 0 Å². The Hall–Kier alpha value is -0.610. The molecular formula is C13H24N2O2. The normalized spacial score (nSPS) is 25.0. The summed E-state index contributed by atoms with van der Waals surface area (Å²) in [5.41, 5.74) is 2.45. The summed E-state index contributed by atoms with van der Waals surface area (Å²) < 4.78 is 0. The molecule has 1 amide bonds. The Bertz CT molecular complexity index is 252. The predicted octanol–water partition coefficient (Wildman–Crippen LogP) is 1.93. The lowest BCUT2D eigenvalue weighted by atomic mass is 9.84. The van der Waals surface area contributed by atoms with Gasteiger partial charge in [-0.15, -0.1) is 0 Å². The standard InChI is InChI=1S/C13H24N2O2/c16-13-8-4-5-9-15(13)10-12(14-17)11-6-2-1-3-7-11/h11-12,14,17H,1-10H2/t12-/m1/s1. The first-order valence-corrected chi connectivity index (χ1v) is 6.98. The molecule has 98 valence electrons. The Morgan fingerprint density at radius 1 is 1.24 bits per heavy atom. The van der Waals surface area contributed by atoms with Crippen molar-refractivity contribution in [2.75, 3.05) is 13.1 Å². The second-order valence-corrected chi connectivity index (χ2v) is 5.43. The molecule has 1 aliphatic carbocycles. The van der Waals surface area contributed by atoms with E-state index in [1.807, 2.05) is 4.90 Å². The van der Waals surface area contributed by atoms with Crippen molar-refractivity contribution in [1.82, 2.24) is 10.4 Å². The molecule has 1 saturated carbocycles. The Morgan fingerprint density at radius 2 is 2.00 bits per heavy atom. The molecule has 0 aromatic rings. The molecule has 4 heteroatoms. The van der Waals surface area contributed by atoms with Gasteiger partial charge in [0.05, 0.1) is 6.04 Å². The number of hydrogen-bond donors (Lipinski definition) is 2. The lowest BCUT2D eigenvalue weighted by Gasteiger charge is -2.35. The molecule has 0 aromatic carbocycles. The van der Waals surface area contributed by atoms with E-state index >= 15 is 0 Å². The van der Waals surface area contributed by atoms with Gasteiger partial charge in [-0.25, -0.2) is 5.48 Å². The lowest BCUT2D eigenvalue weighted by Crippen LogP contribution is -2.48. The van der Waals surface area contributed by atoms with Crippen LogP contribution < -0.4 is 5.48 Å². The highest BCUT2D eigenvalue weighted by molar-refractivity contribution is 5.76. The first-order valence-electron chi connectivity index (χ1n) is 6.98. The Morgan fingerprint density at radius 3 is 2.65 bits per heavy atom. The van der Waals surface area contributed by atoms with Crippen LogP contribution in [0.2, 0.25) is 0 Å². The second-order valence-electron chi connectivity index (χ2n) is 5.43. The largest absolute Gasteiger partial charge is 0.341 e. The van der Waals surface area contributed by atoms with Gasteiger partial charge in [0.15, 0.2) is 0 Å². The van der Waals surface area contributed by atoms with Crippen LogP contribution in [0.1, 0.15) is 51.4 Å². The molecule has 1 saturated heterocycles. The van der Waals surface area contributed by atoms with E-state index in [2.05, 4.69) is 5.48 Å². The van der Waals surface area contributed by atoms with Crippen molar-refractivity contribution in [3.63, 3.8) is 0 Å². The van der Waals surface area contributed by atoms with E-state index in [1.54, 1.807) is 0 Å². The van der Waals surface area contributed by atoms with E-state index in [1.165, 1.54) is 32.1 Å². The molecule has 2 N–H and O–H groups in total. The molecule has 2 rings (SSSR count). The summed E-state index contributed by atoms with van der Waals surface area (Å²) in [6.45, 7) is 1.55. The van der Waals surface area contributed by atoms with E-state index in [9.17, 15) is 10.0 Å². The van der Waals surface area contributed by atoms with Crippen LogP contribution in [0.3, 0.4) is 0 Å². The van der Waals surface area contributed by atoms with Gasteiger partial charge in [0.25, 0.3) is 0 Å². The van der Waals surface area contributed by atoms with Crippen molar-refractivity contribution in [3.05, 3.63) is 0 Å². The molecule has 0 radical (unpaired) electrons. The fraction of sp³-hybridized carbons (Fsp3) is 0.923. The minimum absolute atomic E-state index is 0.0670.